The van der Waals surface area contributed by atoms with Gasteiger partial charge in [0.25, 0.3) is 5.91 Å². The molecule has 0 aliphatic carbocycles. The summed E-state index contributed by atoms with van der Waals surface area (Å²) in [6.45, 7) is 0.234. The largest absolute Gasteiger partial charge is 0.478 e. The van der Waals surface area contributed by atoms with Crippen LogP contribution in [-0.4, -0.2) is 18.6 Å². The maximum absolute atomic E-state index is 12.6. The molecule has 0 spiro atoms. The fourth-order valence-electron chi connectivity index (χ4n) is 2.53. The van der Waals surface area contributed by atoms with Crippen molar-refractivity contribution >= 4 is 17.3 Å². The van der Waals surface area contributed by atoms with Gasteiger partial charge in [-0.05, 0) is 29.8 Å². The Bertz CT molecular complexity index is 731. The highest BCUT2D eigenvalue weighted by Crippen LogP contribution is 2.34. The molecule has 0 saturated carbocycles. The van der Waals surface area contributed by atoms with E-state index in [1.54, 1.807) is 4.90 Å². The minimum absolute atomic E-state index is 0.117. The Hall–Kier alpha value is -2.93. The van der Waals surface area contributed by atoms with Crippen LogP contribution < -0.4 is 15.4 Å². The number of carbonyl (C=O) groups is 1. The van der Waals surface area contributed by atoms with Crippen molar-refractivity contribution in [2.45, 2.75) is 12.5 Å². The van der Waals surface area contributed by atoms with E-state index in [1.807, 2.05) is 48.5 Å². The van der Waals surface area contributed by atoms with Crippen molar-refractivity contribution in [1.82, 2.24) is 0 Å². The molecule has 4 nitrogen and oxygen atoms in total. The van der Waals surface area contributed by atoms with Crippen molar-refractivity contribution < 1.29 is 9.53 Å². The molecular formula is C18H16N2O2. The first-order chi connectivity index (χ1) is 10.7. The number of hydrogen-bond acceptors (Lipinski definition) is 3. The highest BCUT2D eigenvalue weighted by Gasteiger charge is 2.33. The second-order valence-electron chi connectivity index (χ2n) is 5.15. The van der Waals surface area contributed by atoms with Gasteiger partial charge in [0.2, 0.25) is 0 Å². The molecule has 1 atom stereocenters. The highest BCUT2D eigenvalue weighted by molar-refractivity contribution is 6.00. The van der Waals surface area contributed by atoms with E-state index in [9.17, 15) is 4.79 Å². The van der Waals surface area contributed by atoms with Gasteiger partial charge < -0.3 is 10.5 Å². The monoisotopic (exact) mass is 292 g/mol. The van der Waals surface area contributed by atoms with Crippen molar-refractivity contribution in [2.24, 2.45) is 0 Å². The maximum atomic E-state index is 12.6. The number of hydrogen-bond donors (Lipinski definition) is 1. The van der Waals surface area contributed by atoms with Gasteiger partial charge in [-0.2, -0.15) is 0 Å². The molecule has 1 amide bonds. The first kappa shape index (κ1) is 14.0. The van der Waals surface area contributed by atoms with Crippen LogP contribution in [0.5, 0.6) is 5.75 Å². The predicted octanol–water partition coefficient (Wildman–Crippen LogP) is 2.24. The third kappa shape index (κ3) is 2.61. The zero-order valence-electron chi connectivity index (χ0n) is 12.0. The lowest BCUT2D eigenvalue weighted by Crippen LogP contribution is -2.47. The van der Waals surface area contributed by atoms with Crippen LogP contribution in [0.3, 0.4) is 0 Å². The summed E-state index contributed by atoms with van der Waals surface area (Å²) in [5.74, 6) is 3.09. The van der Waals surface area contributed by atoms with Gasteiger partial charge in [0.1, 0.15) is 5.75 Å². The van der Waals surface area contributed by atoms with Gasteiger partial charge in [-0.3, -0.25) is 9.69 Å². The fourth-order valence-corrected chi connectivity index (χ4v) is 2.53. The number of fused-ring (bicyclic) bond motifs is 1. The second-order valence-corrected chi connectivity index (χ2v) is 5.15. The van der Waals surface area contributed by atoms with Gasteiger partial charge >= 0.3 is 0 Å². The Morgan fingerprint density at radius 2 is 1.91 bits per heavy atom. The number of benzene rings is 2. The average molecular weight is 292 g/mol. The lowest BCUT2D eigenvalue weighted by atomic mass is 10.0. The molecule has 2 aromatic carbocycles. The minimum atomic E-state index is -0.577. The number of rotatable bonds is 3. The van der Waals surface area contributed by atoms with Gasteiger partial charge in [0.15, 0.2) is 6.10 Å². The average Bonchev–Trinajstić information content (AvgIpc) is 2.53. The lowest BCUT2D eigenvalue weighted by Gasteiger charge is -2.33. The second kappa shape index (κ2) is 5.82. The summed E-state index contributed by atoms with van der Waals surface area (Å²) in [6, 6.07) is 14.9. The summed E-state index contributed by atoms with van der Waals surface area (Å²) in [4.78, 5) is 14.2. The van der Waals surface area contributed by atoms with Crippen LogP contribution in [0.1, 0.15) is 5.56 Å². The molecule has 110 valence electrons. The van der Waals surface area contributed by atoms with Crippen LogP contribution >= 0.6 is 0 Å². The maximum Gasteiger partial charge on any atom is 0.269 e. The molecule has 2 N–H and O–H groups in total. The molecule has 4 heteroatoms. The molecular weight excluding hydrogens is 276 g/mol. The Labute approximate surface area is 129 Å². The summed E-state index contributed by atoms with van der Waals surface area (Å²) < 4.78 is 5.86. The van der Waals surface area contributed by atoms with Crippen LogP contribution in [-0.2, 0) is 11.2 Å². The lowest BCUT2D eigenvalue weighted by molar-refractivity contribution is -0.126. The first-order valence-corrected chi connectivity index (χ1v) is 7.04. The van der Waals surface area contributed by atoms with Crippen LogP contribution in [0, 0.1) is 12.3 Å². The quantitative estimate of drug-likeness (QED) is 0.697. The van der Waals surface area contributed by atoms with E-state index in [1.165, 1.54) is 0 Å². The molecule has 0 bridgehead atoms. The molecule has 0 radical (unpaired) electrons. The molecule has 1 unspecified atom stereocenters. The van der Waals surface area contributed by atoms with Crippen molar-refractivity contribution in [3.05, 3.63) is 54.1 Å². The molecule has 0 aromatic heterocycles. The van der Waals surface area contributed by atoms with Crippen LogP contribution in [0.15, 0.2) is 48.5 Å². The summed E-state index contributed by atoms with van der Waals surface area (Å²) in [5, 5.41) is 0. The summed E-state index contributed by atoms with van der Waals surface area (Å²) in [7, 11) is 0. The van der Waals surface area contributed by atoms with Crippen molar-refractivity contribution in [3.63, 3.8) is 0 Å². The van der Waals surface area contributed by atoms with E-state index in [4.69, 9.17) is 16.9 Å². The van der Waals surface area contributed by atoms with E-state index >= 15 is 0 Å². The Morgan fingerprint density at radius 1 is 1.18 bits per heavy atom. The van der Waals surface area contributed by atoms with E-state index in [0.717, 1.165) is 11.3 Å². The van der Waals surface area contributed by atoms with Crippen LogP contribution in [0.4, 0.5) is 11.4 Å². The molecule has 1 aliphatic heterocycles. The predicted molar refractivity (Wildman–Crippen MR) is 86.6 cm³/mol. The minimum Gasteiger partial charge on any atom is -0.478 e. The molecule has 1 aliphatic rings. The number of terminal acetylenes is 1. The molecule has 1 heterocycles. The van der Waals surface area contributed by atoms with Gasteiger partial charge in [-0.15, -0.1) is 6.42 Å². The van der Waals surface area contributed by atoms with Crippen molar-refractivity contribution in [3.8, 4) is 18.1 Å². The number of amides is 1. The first-order valence-electron chi connectivity index (χ1n) is 7.04. The highest BCUT2D eigenvalue weighted by atomic mass is 16.5. The van der Waals surface area contributed by atoms with Gasteiger partial charge in [0, 0.05) is 12.1 Å². The molecule has 3 rings (SSSR count). The Kier molecular flexibility index (Phi) is 3.71. The zero-order chi connectivity index (χ0) is 15.5. The molecule has 0 fully saturated rings. The number of nitrogen functional groups attached to an aromatic ring is 1. The van der Waals surface area contributed by atoms with Gasteiger partial charge in [-0.25, -0.2) is 0 Å². The van der Waals surface area contributed by atoms with Gasteiger partial charge in [-0.1, -0.05) is 30.2 Å². The zero-order valence-corrected chi connectivity index (χ0v) is 12.0. The number of ether oxygens (including phenoxy) is 1. The molecule has 0 saturated heterocycles. The van der Waals surface area contributed by atoms with Gasteiger partial charge in [0.05, 0.1) is 12.2 Å². The summed E-state index contributed by atoms with van der Waals surface area (Å²) in [5.41, 5.74) is 8.09. The normalized spacial score (nSPS) is 16.6. The standard InChI is InChI=1S/C18H16N2O2/c1-2-11-20-15-5-3-4-6-16(15)22-17(18(20)21)12-13-7-9-14(19)10-8-13/h1,3-10,17H,11-12,19H2. The number of carbonyl (C=O) groups excluding carboxylic acids is 1. The topological polar surface area (TPSA) is 55.6 Å². The third-order valence-corrected chi connectivity index (χ3v) is 3.62. The third-order valence-electron chi connectivity index (χ3n) is 3.62. The molecule has 2 aromatic rings. The number of anilines is 2. The van der Waals surface area contributed by atoms with E-state index in [-0.39, 0.29) is 12.5 Å². The number of nitrogens with zero attached hydrogens (tertiary/aromatic N) is 1. The van der Waals surface area contributed by atoms with E-state index < -0.39 is 6.10 Å². The SMILES string of the molecule is C#CCN1C(=O)C(Cc2ccc(N)cc2)Oc2ccccc21. The smallest absolute Gasteiger partial charge is 0.269 e. The summed E-state index contributed by atoms with van der Waals surface area (Å²) >= 11 is 0. The summed E-state index contributed by atoms with van der Waals surface area (Å²) in [6.07, 6.45) is 5.30. The van der Waals surface area contributed by atoms with E-state index in [2.05, 4.69) is 5.92 Å². The molecule has 22 heavy (non-hydrogen) atoms. The number of nitrogens with two attached hydrogens (primary N) is 1. The Balaban J connectivity index is 1.89. The van der Waals surface area contributed by atoms with Crippen molar-refractivity contribution in [2.75, 3.05) is 17.2 Å². The van der Waals surface area contributed by atoms with Crippen LogP contribution in [0.25, 0.3) is 0 Å². The van der Waals surface area contributed by atoms with Crippen LogP contribution in [0.2, 0.25) is 0 Å². The number of para-hydroxylation sites is 2. The van der Waals surface area contributed by atoms with E-state index in [0.29, 0.717) is 17.9 Å². The van der Waals surface area contributed by atoms with Crippen molar-refractivity contribution in [1.29, 1.82) is 0 Å². The Morgan fingerprint density at radius 3 is 2.64 bits per heavy atom. The fraction of sp³-hybridized carbons (Fsp3) is 0.167.